The number of thiazole rings is 1. The Morgan fingerprint density at radius 3 is 2.79 bits per heavy atom. The molecule has 1 fully saturated rings. The minimum Gasteiger partial charge on any atom is -0.389 e. The van der Waals surface area contributed by atoms with Crippen molar-refractivity contribution in [3.8, 4) is 10.6 Å². The lowest BCUT2D eigenvalue weighted by molar-refractivity contribution is 0.0990. The average Bonchev–Trinajstić information content (AvgIpc) is 3.40. The van der Waals surface area contributed by atoms with E-state index in [-0.39, 0.29) is 39.5 Å². The number of nitrogens with two attached hydrogens (primary N) is 2. The predicted octanol–water partition coefficient (Wildman–Crippen LogP) is 4.63. The average molecular weight is 486 g/mol. The standard InChI is InChI=1S/C23H21F2N5OS2/c24-15-4-1-5-16(25)18(15)23-29-19(21(27)33-23)17(31)9-12-10-28-22-14(6-8-32-22)20(12)30-7-2-3-13(26)11-30/h1,4-6,8,10,13H,2-3,7,9,11,26-27H2/t13-/m0/s1. The van der Waals surface area contributed by atoms with Gasteiger partial charge in [-0.15, -0.1) is 11.3 Å². The molecule has 5 rings (SSSR count). The normalized spacial score (nSPS) is 16.5. The maximum absolute atomic E-state index is 14.2. The Bertz CT molecular complexity index is 1330. The summed E-state index contributed by atoms with van der Waals surface area (Å²) in [6.07, 6.45) is 3.67. The summed E-state index contributed by atoms with van der Waals surface area (Å²) in [6.45, 7) is 1.55. The summed E-state index contributed by atoms with van der Waals surface area (Å²) < 4.78 is 28.4. The molecule has 0 saturated carbocycles. The van der Waals surface area contributed by atoms with Crippen LogP contribution in [0.15, 0.2) is 35.8 Å². The molecule has 4 aromatic rings. The van der Waals surface area contributed by atoms with Gasteiger partial charge in [-0.05, 0) is 36.4 Å². The second-order valence-corrected chi connectivity index (χ2v) is 9.97. The number of Topliss-reactive ketones (excluding diaryl/α,β-unsaturated/α-hetero) is 1. The van der Waals surface area contributed by atoms with Gasteiger partial charge in [-0.3, -0.25) is 4.79 Å². The van der Waals surface area contributed by atoms with Gasteiger partial charge in [0.15, 0.2) is 5.78 Å². The first-order valence-corrected chi connectivity index (χ1v) is 12.2. The smallest absolute Gasteiger partial charge is 0.188 e. The van der Waals surface area contributed by atoms with Crippen LogP contribution >= 0.6 is 22.7 Å². The number of ketones is 1. The van der Waals surface area contributed by atoms with Crippen LogP contribution in [0.1, 0.15) is 28.9 Å². The van der Waals surface area contributed by atoms with Crippen molar-refractivity contribution in [3.05, 3.63) is 58.7 Å². The maximum atomic E-state index is 14.2. The Kier molecular flexibility index (Phi) is 5.81. The largest absolute Gasteiger partial charge is 0.389 e. The molecular formula is C23H21F2N5OS2. The first-order valence-electron chi connectivity index (χ1n) is 10.5. The van der Waals surface area contributed by atoms with Gasteiger partial charge in [0.05, 0.1) is 11.3 Å². The Morgan fingerprint density at radius 1 is 1.24 bits per heavy atom. The molecule has 1 atom stereocenters. The van der Waals surface area contributed by atoms with E-state index in [4.69, 9.17) is 11.5 Å². The highest BCUT2D eigenvalue weighted by molar-refractivity contribution is 7.19. The fourth-order valence-electron chi connectivity index (χ4n) is 4.27. The molecule has 0 bridgehead atoms. The van der Waals surface area contributed by atoms with E-state index in [0.29, 0.717) is 6.54 Å². The third-order valence-corrected chi connectivity index (χ3v) is 7.48. The van der Waals surface area contributed by atoms with Crippen molar-refractivity contribution in [1.82, 2.24) is 9.97 Å². The zero-order chi connectivity index (χ0) is 23.1. The zero-order valence-electron chi connectivity index (χ0n) is 17.6. The van der Waals surface area contributed by atoms with Crippen molar-refractivity contribution in [3.63, 3.8) is 0 Å². The van der Waals surface area contributed by atoms with Crippen LogP contribution in [0.25, 0.3) is 20.8 Å². The molecule has 1 aliphatic heterocycles. The highest BCUT2D eigenvalue weighted by atomic mass is 32.1. The second-order valence-electron chi connectivity index (χ2n) is 8.05. The maximum Gasteiger partial charge on any atom is 0.188 e. The summed E-state index contributed by atoms with van der Waals surface area (Å²) in [5.74, 6) is -1.83. The third kappa shape index (κ3) is 4.09. The van der Waals surface area contributed by atoms with Crippen LogP contribution < -0.4 is 16.4 Å². The van der Waals surface area contributed by atoms with E-state index >= 15 is 0 Å². The van der Waals surface area contributed by atoms with E-state index in [1.165, 1.54) is 6.07 Å². The minimum atomic E-state index is -0.751. The number of pyridine rings is 1. The number of carbonyl (C=O) groups excluding carboxylic acids is 1. The number of nitrogen functional groups attached to an aromatic ring is 1. The molecule has 1 aromatic carbocycles. The number of fused-ring (bicyclic) bond motifs is 1. The molecule has 1 saturated heterocycles. The van der Waals surface area contributed by atoms with Crippen LogP contribution in [0.5, 0.6) is 0 Å². The summed E-state index contributed by atoms with van der Waals surface area (Å²) in [5, 5.41) is 3.13. The Morgan fingerprint density at radius 2 is 2.03 bits per heavy atom. The van der Waals surface area contributed by atoms with Crippen molar-refractivity contribution >= 4 is 49.4 Å². The van der Waals surface area contributed by atoms with Crippen LogP contribution in [-0.2, 0) is 6.42 Å². The highest BCUT2D eigenvalue weighted by Gasteiger charge is 2.26. The van der Waals surface area contributed by atoms with Crippen molar-refractivity contribution < 1.29 is 13.6 Å². The molecule has 3 aromatic heterocycles. The quantitative estimate of drug-likeness (QED) is 0.400. The number of thiophene rings is 1. The van der Waals surface area contributed by atoms with Crippen molar-refractivity contribution in [1.29, 1.82) is 0 Å². The number of hydrogen-bond acceptors (Lipinski definition) is 8. The van der Waals surface area contributed by atoms with Crippen LogP contribution in [0.3, 0.4) is 0 Å². The van der Waals surface area contributed by atoms with E-state index < -0.39 is 11.6 Å². The molecule has 4 N–H and O–H groups in total. The van der Waals surface area contributed by atoms with Crippen LogP contribution in [-0.4, -0.2) is 34.9 Å². The van der Waals surface area contributed by atoms with Gasteiger partial charge >= 0.3 is 0 Å². The second kappa shape index (κ2) is 8.77. The lowest BCUT2D eigenvalue weighted by atomic mass is 10.0. The topological polar surface area (TPSA) is 98.1 Å². The number of anilines is 2. The van der Waals surface area contributed by atoms with Gasteiger partial charge < -0.3 is 16.4 Å². The number of benzene rings is 1. The Labute approximate surface area is 196 Å². The molecule has 0 spiro atoms. The van der Waals surface area contributed by atoms with E-state index in [9.17, 15) is 13.6 Å². The van der Waals surface area contributed by atoms with Gasteiger partial charge in [-0.25, -0.2) is 18.7 Å². The molecule has 170 valence electrons. The van der Waals surface area contributed by atoms with Gasteiger partial charge in [-0.2, -0.15) is 0 Å². The van der Waals surface area contributed by atoms with E-state index in [1.54, 1.807) is 17.5 Å². The highest BCUT2D eigenvalue weighted by Crippen LogP contribution is 2.37. The summed E-state index contributed by atoms with van der Waals surface area (Å²) in [5.41, 5.74) is 13.7. The molecule has 10 heteroatoms. The summed E-state index contributed by atoms with van der Waals surface area (Å²) in [7, 11) is 0. The number of piperidine rings is 1. The lowest BCUT2D eigenvalue weighted by Crippen LogP contribution is -2.43. The SMILES string of the molecule is Nc1sc(-c2c(F)cccc2F)nc1C(=O)Cc1cnc2sccc2c1N1CCC[C@H](N)C1. The fraction of sp³-hybridized carbons (Fsp3) is 0.261. The fourth-order valence-corrected chi connectivity index (χ4v) is 5.90. The van der Waals surface area contributed by atoms with E-state index in [1.807, 2.05) is 11.4 Å². The Balaban J connectivity index is 1.50. The molecule has 1 aliphatic rings. The summed E-state index contributed by atoms with van der Waals surface area (Å²) >= 11 is 2.44. The van der Waals surface area contributed by atoms with Gasteiger partial charge in [0.1, 0.15) is 32.2 Å². The van der Waals surface area contributed by atoms with Crippen molar-refractivity contribution in [2.75, 3.05) is 23.7 Å². The van der Waals surface area contributed by atoms with Gasteiger partial charge in [0.2, 0.25) is 0 Å². The molecule has 0 amide bonds. The van der Waals surface area contributed by atoms with Crippen molar-refractivity contribution in [2.24, 2.45) is 5.73 Å². The number of aromatic nitrogens is 2. The van der Waals surface area contributed by atoms with Crippen molar-refractivity contribution in [2.45, 2.75) is 25.3 Å². The van der Waals surface area contributed by atoms with E-state index in [0.717, 1.165) is 64.3 Å². The van der Waals surface area contributed by atoms with Gasteiger partial charge in [0, 0.05) is 42.7 Å². The summed E-state index contributed by atoms with van der Waals surface area (Å²) in [4.78, 5) is 25.1. The zero-order valence-corrected chi connectivity index (χ0v) is 19.2. The Hall–Kier alpha value is -2.95. The van der Waals surface area contributed by atoms with Crippen LogP contribution in [0, 0.1) is 11.6 Å². The van der Waals surface area contributed by atoms with Gasteiger partial charge in [-0.1, -0.05) is 17.4 Å². The first kappa shape index (κ1) is 21.9. The van der Waals surface area contributed by atoms with Crippen LogP contribution in [0.2, 0.25) is 0 Å². The lowest BCUT2D eigenvalue weighted by Gasteiger charge is -2.34. The van der Waals surface area contributed by atoms with Crippen LogP contribution in [0.4, 0.5) is 19.5 Å². The molecule has 0 aliphatic carbocycles. The van der Waals surface area contributed by atoms with Gasteiger partial charge in [0.25, 0.3) is 0 Å². The number of nitrogens with zero attached hydrogens (tertiary/aromatic N) is 3. The molecule has 33 heavy (non-hydrogen) atoms. The first-order chi connectivity index (χ1) is 15.9. The van der Waals surface area contributed by atoms with E-state index in [2.05, 4.69) is 14.9 Å². The number of halogens is 2. The molecule has 4 heterocycles. The monoisotopic (exact) mass is 485 g/mol. The third-order valence-electron chi connectivity index (χ3n) is 5.76. The minimum absolute atomic E-state index is 0.0179. The number of rotatable bonds is 5. The molecule has 6 nitrogen and oxygen atoms in total. The number of carbonyl (C=O) groups is 1. The molecular weight excluding hydrogens is 464 g/mol. The molecule has 0 radical (unpaired) electrons. The predicted molar refractivity (Wildman–Crippen MR) is 129 cm³/mol. The molecule has 0 unspecified atom stereocenters. The number of hydrogen-bond donors (Lipinski definition) is 2. The summed E-state index contributed by atoms with van der Waals surface area (Å²) in [6, 6.07) is 5.64.